The second-order valence-corrected chi connectivity index (χ2v) is 7.53. The van der Waals surface area contributed by atoms with Gasteiger partial charge in [-0.05, 0) is 65.2 Å². The maximum atomic E-state index is 12.5. The van der Waals surface area contributed by atoms with Crippen molar-refractivity contribution in [2.24, 2.45) is 0 Å². The fourth-order valence-electron chi connectivity index (χ4n) is 2.51. The molecule has 3 nitrogen and oxygen atoms in total. The highest BCUT2D eigenvalue weighted by atomic mass is 79.9. The van der Waals surface area contributed by atoms with Gasteiger partial charge < -0.3 is 4.42 Å². The minimum absolute atomic E-state index is 0.0188. The Balaban J connectivity index is 2.00. The Hall–Kier alpha value is -1.72. The highest BCUT2D eigenvalue weighted by molar-refractivity contribution is 9.11. The largest absolute Gasteiger partial charge is 0.421 e. The fraction of sp³-hybridized carbons (Fsp3) is 0.158. The lowest BCUT2D eigenvalue weighted by atomic mass is 9.99. The minimum atomic E-state index is -0.484. The summed E-state index contributed by atoms with van der Waals surface area (Å²) in [5.74, 6) is -0.0983. The second-order valence-electron chi connectivity index (χ2n) is 5.76. The first kappa shape index (κ1) is 17.1. The van der Waals surface area contributed by atoms with Gasteiger partial charge in [-0.1, -0.05) is 28.1 Å². The monoisotopic (exact) mass is 448 g/mol. The molecule has 24 heavy (non-hydrogen) atoms. The van der Waals surface area contributed by atoms with Crippen molar-refractivity contribution in [1.29, 1.82) is 0 Å². The topological polar surface area (TPSA) is 47.3 Å². The number of hydrogen-bond acceptors (Lipinski definition) is 3. The van der Waals surface area contributed by atoms with E-state index in [4.69, 9.17) is 4.42 Å². The Kier molecular flexibility index (Phi) is 4.74. The predicted octanol–water partition coefficient (Wildman–Crippen LogP) is 5.36. The molecule has 2 aromatic carbocycles. The third kappa shape index (κ3) is 3.37. The Morgan fingerprint density at radius 2 is 1.79 bits per heavy atom. The molecule has 0 saturated heterocycles. The lowest BCUT2D eigenvalue weighted by molar-refractivity contribution is 0.0992. The van der Waals surface area contributed by atoms with E-state index in [1.807, 2.05) is 38.1 Å². The number of fused-ring (bicyclic) bond motifs is 1. The molecule has 5 heteroatoms. The SMILES string of the molecule is Cc1ccc(C(=O)Cc2cc3cc(Br)cc(Br)c3oc2=O)cc1C. The standard InChI is InChI=1S/C19H14Br2O3/c1-10-3-4-12(5-11(10)2)17(22)8-14-6-13-7-15(20)9-16(21)18(13)24-19(14)23/h3-7,9H,8H2,1-2H3. The summed E-state index contributed by atoms with van der Waals surface area (Å²) in [7, 11) is 0. The first-order valence-electron chi connectivity index (χ1n) is 7.37. The number of carbonyl (C=O) groups excluding carboxylic acids is 1. The molecule has 1 heterocycles. The smallest absolute Gasteiger partial charge is 0.339 e. The van der Waals surface area contributed by atoms with Crippen LogP contribution < -0.4 is 5.63 Å². The molecule has 0 bridgehead atoms. The molecular formula is C19H14Br2O3. The van der Waals surface area contributed by atoms with Gasteiger partial charge in [0, 0.05) is 27.4 Å². The predicted molar refractivity (Wildman–Crippen MR) is 102 cm³/mol. The van der Waals surface area contributed by atoms with Crippen LogP contribution in [-0.4, -0.2) is 5.78 Å². The number of benzene rings is 2. The van der Waals surface area contributed by atoms with E-state index in [2.05, 4.69) is 31.9 Å². The Labute approximate surface area is 155 Å². The van der Waals surface area contributed by atoms with Crippen LogP contribution in [0.1, 0.15) is 27.0 Å². The van der Waals surface area contributed by atoms with Gasteiger partial charge in [-0.25, -0.2) is 4.79 Å². The maximum Gasteiger partial charge on any atom is 0.339 e. The molecule has 0 spiro atoms. The molecule has 0 atom stereocenters. The average Bonchev–Trinajstić information content (AvgIpc) is 2.51. The maximum absolute atomic E-state index is 12.5. The molecule has 0 fully saturated rings. The fourth-order valence-corrected chi connectivity index (χ4v) is 3.85. The third-order valence-corrected chi connectivity index (χ3v) is 5.05. The van der Waals surface area contributed by atoms with E-state index in [9.17, 15) is 9.59 Å². The highest BCUT2D eigenvalue weighted by Gasteiger charge is 2.14. The zero-order valence-corrected chi connectivity index (χ0v) is 16.3. The van der Waals surface area contributed by atoms with Crippen LogP contribution in [0.25, 0.3) is 11.0 Å². The number of ketones is 1. The summed E-state index contributed by atoms with van der Waals surface area (Å²) in [6.07, 6.45) is 0.0188. The van der Waals surface area contributed by atoms with E-state index in [1.54, 1.807) is 12.1 Å². The molecule has 0 aliphatic carbocycles. The van der Waals surface area contributed by atoms with Crippen molar-refractivity contribution in [3.8, 4) is 0 Å². The van der Waals surface area contributed by atoms with Crippen molar-refractivity contribution in [2.45, 2.75) is 20.3 Å². The summed E-state index contributed by atoms with van der Waals surface area (Å²) in [4.78, 5) is 24.7. The number of hydrogen-bond donors (Lipinski definition) is 0. The van der Waals surface area contributed by atoms with Gasteiger partial charge in [-0.15, -0.1) is 0 Å². The van der Waals surface area contributed by atoms with Crippen LogP contribution in [0.5, 0.6) is 0 Å². The third-order valence-electron chi connectivity index (χ3n) is 4.00. The molecule has 0 radical (unpaired) electrons. The van der Waals surface area contributed by atoms with E-state index in [0.717, 1.165) is 21.0 Å². The van der Waals surface area contributed by atoms with E-state index in [0.29, 0.717) is 21.2 Å². The van der Waals surface area contributed by atoms with Crippen molar-refractivity contribution in [1.82, 2.24) is 0 Å². The van der Waals surface area contributed by atoms with E-state index in [-0.39, 0.29) is 12.2 Å². The molecule has 3 aromatic rings. The van der Waals surface area contributed by atoms with E-state index < -0.39 is 5.63 Å². The van der Waals surface area contributed by atoms with Gasteiger partial charge in [0.05, 0.1) is 4.47 Å². The van der Waals surface area contributed by atoms with Crippen LogP contribution in [-0.2, 0) is 6.42 Å². The first-order valence-corrected chi connectivity index (χ1v) is 8.96. The molecular weight excluding hydrogens is 436 g/mol. The first-order chi connectivity index (χ1) is 11.3. The van der Waals surface area contributed by atoms with Gasteiger partial charge in [0.25, 0.3) is 0 Å². The van der Waals surface area contributed by atoms with Gasteiger partial charge in [0.2, 0.25) is 0 Å². The van der Waals surface area contributed by atoms with Crippen LogP contribution in [0.15, 0.2) is 54.6 Å². The summed E-state index contributed by atoms with van der Waals surface area (Å²) in [5, 5.41) is 0.763. The van der Waals surface area contributed by atoms with E-state index in [1.165, 1.54) is 0 Å². The summed E-state index contributed by atoms with van der Waals surface area (Å²) < 4.78 is 6.94. The lowest BCUT2D eigenvalue weighted by Crippen LogP contribution is -2.13. The second kappa shape index (κ2) is 6.65. The van der Waals surface area contributed by atoms with Crippen molar-refractivity contribution in [2.75, 3.05) is 0 Å². The van der Waals surface area contributed by atoms with Gasteiger partial charge >= 0.3 is 5.63 Å². The molecule has 0 saturated carbocycles. The van der Waals surface area contributed by atoms with Crippen LogP contribution in [0.3, 0.4) is 0 Å². The van der Waals surface area contributed by atoms with Gasteiger partial charge in [-0.3, -0.25) is 4.79 Å². The quantitative estimate of drug-likeness (QED) is 0.399. The van der Waals surface area contributed by atoms with Crippen molar-refractivity contribution in [3.05, 3.63) is 78.0 Å². The van der Waals surface area contributed by atoms with Gasteiger partial charge in [0.1, 0.15) is 0 Å². The summed E-state index contributed by atoms with van der Waals surface area (Å²) in [6, 6.07) is 10.9. The van der Waals surface area contributed by atoms with Gasteiger partial charge in [-0.2, -0.15) is 0 Å². The Morgan fingerprint density at radius 3 is 2.50 bits per heavy atom. The molecule has 0 unspecified atom stereocenters. The van der Waals surface area contributed by atoms with Crippen molar-refractivity contribution >= 4 is 48.6 Å². The number of halogens is 2. The zero-order valence-electron chi connectivity index (χ0n) is 13.2. The summed E-state index contributed by atoms with van der Waals surface area (Å²) in [5.41, 5.74) is 3.14. The number of carbonyl (C=O) groups is 1. The molecule has 0 amide bonds. The Morgan fingerprint density at radius 1 is 1.04 bits per heavy atom. The normalized spacial score (nSPS) is 11.0. The number of aryl methyl sites for hydroxylation is 2. The van der Waals surface area contributed by atoms with Crippen molar-refractivity contribution in [3.63, 3.8) is 0 Å². The van der Waals surface area contributed by atoms with E-state index >= 15 is 0 Å². The average molecular weight is 450 g/mol. The highest BCUT2D eigenvalue weighted by Crippen LogP contribution is 2.28. The van der Waals surface area contributed by atoms with Crippen LogP contribution in [0, 0.1) is 13.8 Å². The van der Waals surface area contributed by atoms with Crippen LogP contribution >= 0.6 is 31.9 Å². The molecule has 0 N–H and O–H groups in total. The summed E-state index contributed by atoms with van der Waals surface area (Å²) >= 11 is 6.79. The molecule has 1 aromatic heterocycles. The number of Topliss-reactive ketones (excluding diaryl/α,β-unsaturated/α-hetero) is 1. The number of rotatable bonds is 3. The Bertz CT molecular complexity index is 1020. The van der Waals surface area contributed by atoms with Crippen molar-refractivity contribution < 1.29 is 9.21 Å². The van der Waals surface area contributed by atoms with Gasteiger partial charge in [0.15, 0.2) is 11.4 Å². The molecule has 3 rings (SSSR count). The van der Waals surface area contributed by atoms with Crippen LogP contribution in [0.2, 0.25) is 0 Å². The molecule has 0 aliphatic rings. The van der Waals surface area contributed by atoms with Crippen LogP contribution in [0.4, 0.5) is 0 Å². The summed E-state index contributed by atoms with van der Waals surface area (Å²) in [6.45, 7) is 3.96. The zero-order chi connectivity index (χ0) is 17.4. The minimum Gasteiger partial charge on any atom is -0.421 e. The lowest BCUT2D eigenvalue weighted by Gasteiger charge is -2.06. The molecule has 122 valence electrons. The molecule has 0 aliphatic heterocycles.